The molecule has 0 radical (unpaired) electrons. The number of carbonyl (C=O) groups is 1. The van der Waals surface area contributed by atoms with E-state index in [1.807, 2.05) is 24.0 Å². The van der Waals surface area contributed by atoms with Crippen molar-refractivity contribution in [1.29, 1.82) is 0 Å². The van der Waals surface area contributed by atoms with Gasteiger partial charge in [0.05, 0.1) is 16.8 Å². The van der Waals surface area contributed by atoms with Crippen LogP contribution in [0.25, 0.3) is 10.2 Å². The Kier molecular flexibility index (Phi) is 5.43. The molecule has 1 saturated heterocycles. The summed E-state index contributed by atoms with van der Waals surface area (Å²) in [6, 6.07) is 11.8. The summed E-state index contributed by atoms with van der Waals surface area (Å²) in [4.78, 5) is 18.9. The van der Waals surface area contributed by atoms with Crippen molar-refractivity contribution in [3.8, 4) is 10.9 Å². The number of aromatic nitrogens is 1. The Balaban J connectivity index is 1.33. The first kappa shape index (κ1) is 18.7. The number of nitrogens with zero attached hydrogens (tertiary/aromatic N) is 2. The van der Waals surface area contributed by atoms with Crippen LogP contribution in [0.3, 0.4) is 0 Å². The first-order chi connectivity index (χ1) is 13.6. The minimum absolute atomic E-state index is 0.00906. The van der Waals surface area contributed by atoms with Gasteiger partial charge < -0.3 is 14.4 Å². The molecule has 0 atom stereocenters. The lowest BCUT2D eigenvalue weighted by atomic mass is 10.1. The number of ether oxygens (including phenoxy) is 2. The third kappa shape index (κ3) is 4.09. The smallest absolute Gasteiger partial charge is 0.274 e. The molecule has 0 aliphatic carbocycles. The highest BCUT2D eigenvalue weighted by Crippen LogP contribution is 2.30. The van der Waals surface area contributed by atoms with Gasteiger partial charge in [-0.2, -0.15) is 0 Å². The lowest BCUT2D eigenvalue weighted by molar-refractivity contribution is 0.0595. The highest BCUT2D eigenvalue weighted by Gasteiger charge is 2.25. The molecule has 3 aromatic rings. The fourth-order valence-electron chi connectivity index (χ4n) is 3.29. The molecular weight excluding hydrogens is 379 g/mol. The number of carbonyl (C=O) groups excluding carboxylic acids is 1. The highest BCUT2D eigenvalue weighted by molar-refractivity contribution is 7.20. The van der Waals surface area contributed by atoms with E-state index < -0.39 is 0 Å². The van der Waals surface area contributed by atoms with E-state index in [2.05, 4.69) is 4.98 Å². The molecule has 1 fully saturated rings. The van der Waals surface area contributed by atoms with E-state index >= 15 is 0 Å². The van der Waals surface area contributed by atoms with Gasteiger partial charge in [-0.25, -0.2) is 9.37 Å². The fourth-order valence-corrected chi connectivity index (χ4v) is 4.20. The van der Waals surface area contributed by atoms with Gasteiger partial charge in [-0.05, 0) is 49.4 Å². The first-order valence-electron chi connectivity index (χ1n) is 9.37. The summed E-state index contributed by atoms with van der Waals surface area (Å²) in [7, 11) is 0. The molecule has 2 heterocycles. The zero-order chi connectivity index (χ0) is 19.5. The topological polar surface area (TPSA) is 51.7 Å². The number of likely N-dealkylation sites (tertiary alicyclic amines) is 1. The van der Waals surface area contributed by atoms with Crippen molar-refractivity contribution in [2.45, 2.75) is 25.9 Å². The van der Waals surface area contributed by atoms with Crippen molar-refractivity contribution in [3.63, 3.8) is 0 Å². The SMILES string of the molecule is CCOc1ccc(C(=O)N2CCC(Oc3nc4ccc(F)cc4s3)CC2)cc1. The average molecular weight is 400 g/mol. The van der Waals surface area contributed by atoms with Gasteiger partial charge in [0, 0.05) is 31.5 Å². The Morgan fingerprint density at radius 2 is 1.96 bits per heavy atom. The lowest BCUT2D eigenvalue weighted by Crippen LogP contribution is -2.41. The zero-order valence-electron chi connectivity index (χ0n) is 15.6. The van der Waals surface area contributed by atoms with Crippen molar-refractivity contribution in [3.05, 3.63) is 53.8 Å². The second kappa shape index (κ2) is 8.14. The number of rotatable bonds is 5. The number of benzene rings is 2. The number of fused-ring (bicyclic) bond motifs is 1. The minimum Gasteiger partial charge on any atom is -0.494 e. The molecule has 0 unspecified atom stereocenters. The highest BCUT2D eigenvalue weighted by atomic mass is 32.1. The maximum absolute atomic E-state index is 13.3. The molecule has 1 aromatic heterocycles. The van der Waals surface area contributed by atoms with Crippen LogP contribution in [-0.4, -0.2) is 41.6 Å². The van der Waals surface area contributed by atoms with E-state index in [9.17, 15) is 9.18 Å². The van der Waals surface area contributed by atoms with Gasteiger partial charge >= 0.3 is 0 Å². The molecular formula is C21H21FN2O3S. The number of hydrogen-bond donors (Lipinski definition) is 0. The van der Waals surface area contributed by atoms with Crippen LogP contribution in [0.4, 0.5) is 4.39 Å². The summed E-state index contributed by atoms with van der Waals surface area (Å²) in [5.74, 6) is 0.516. The number of thiazole rings is 1. The Morgan fingerprint density at radius 1 is 1.21 bits per heavy atom. The van der Waals surface area contributed by atoms with E-state index in [4.69, 9.17) is 9.47 Å². The average Bonchev–Trinajstić information content (AvgIpc) is 3.10. The van der Waals surface area contributed by atoms with Crippen LogP contribution in [-0.2, 0) is 0 Å². The minimum atomic E-state index is -0.274. The summed E-state index contributed by atoms with van der Waals surface area (Å²) in [6.45, 7) is 3.80. The molecule has 4 rings (SSSR count). The van der Waals surface area contributed by atoms with E-state index in [0.29, 0.717) is 30.5 Å². The van der Waals surface area contributed by atoms with Crippen molar-refractivity contribution >= 4 is 27.5 Å². The largest absolute Gasteiger partial charge is 0.494 e. The summed E-state index contributed by atoms with van der Waals surface area (Å²) >= 11 is 1.35. The van der Waals surface area contributed by atoms with Crippen LogP contribution in [0, 0.1) is 5.82 Å². The summed E-state index contributed by atoms with van der Waals surface area (Å²) in [5.41, 5.74) is 1.40. The van der Waals surface area contributed by atoms with Gasteiger partial charge in [0.2, 0.25) is 0 Å². The summed E-state index contributed by atoms with van der Waals surface area (Å²) in [5, 5.41) is 0.553. The Bertz CT molecular complexity index is 965. The zero-order valence-corrected chi connectivity index (χ0v) is 16.4. The predicted octanol–water partition coefficient (Wildman–Crippen LogP) is 4.52. The summed E-state index contributed by atoms with van der Waals surface area (Å²) in [6.07, 6.45) is 1.50. The van der Waals surface area contributed by atoms with Crippen molar-refractivity contribution in [2.75, 3.05) is 19.7 Å². The van der Waals surface area contributed by atoms with Gasteiger partial charge in [-0.1, -0.05) is 11.3 Å². The van der Waals surface area contributed by atoms with Crippen LogP contribution in [0.15, 0.2) is 42.5 Å². The molecule has 0 N–H and O–H groups in total. The third-order valence-corrected chi connectivity index (χ3v) is 5.65. The molecule has 28 heavy (non-hydrogen) atoms. The third-order valence-electron chi connectivity index (χ3n) is 4.74. The number of piperidine rings is 1. The number of amides is 1. The monoisotopic (exact) mass is 400 g/mol. The van der Waals surface area contributed by atoms with Gasteiger partial charge in [0.1, 0.15) is 17.7 Å². The maximum Gasteiger partial charge on any atom is 0.274 e. The van der Waals surface area contributed by atoms with Crippen LogP contribution < -0.4 is 9.47 Å². The summed E-state index contributed by atoms with van der Waals surface area (Å²) < 4.78 is 25.5. The Hall–Kier alpha value is -2.67. The van der Waals surface area contributed by atoms with Crippen LogP contribution in [0.5, 0.6) is 10.9 Å². The normalized spacial score (nSPS) is 15.0. The Labute approximate surface area is 166 Å². The fraction of sp³-hybridized carbons (Fsp3) is 0.333. The molecule has 1 aliphatic heterocycles. The van der Waals surface area contributed by atoms with Crippen LogP contribution in [0.2, 0.25) is 0 Å². The number of hydrogen-bond acceptors (Lipinski definition) is 5. The van der Waals surface area contributed by atoms with Crippen LogP contribution >= 0.6 is 11.3 Å². The van der Waals surface area contributed by atoms with Gasteiger partial charge in [0.15, 0.2) is 0 Å². The molecule has 0 saturated carbocycles. The standard InChI is InChI=1S/C21H21FN2O3S/c1-2-26-16-6-3-14(4-7-16)20(25)24-11-9-17(10-12-24)27-21-23-18-8-5-15(22)13-19(18)28-21/h3-8,13,17H,2,9-12H2,1H3. The molecule has 7 heteroatoms. The van der Waals surface area contributed by atoms with Crippen LogP contribution in [0.1, 0.15) is 30.1 Å². The maximum atomic E-state index is 13.3. The second-order valence-corrected chi connectivity index (χ2v) is 7.65. The van der Waals surface area contributed by atoms with E-state index in [0.717, 1.165) is 28.8 Å². The van der Waals surface area contributed by atoms with Crippen molar-refractivity contribution < 1.29 is 18.7 Å². The van der Waals surface area contributed by atoms with E-state index in [1.54, 1.807) is 18.2 Å². The van der Waals surface area contributed by atoms with E-state index in [1.165, 1.54) is 23.5 Å². The van der Waals surface area contributed by atoms with Crippen molar-refractivity contribution in [2.24, 2.45) is 0 Å². The molecule has 1 amide bonds. The number of halogens is 1. The predicted molar refractivity (Wildman–Crippen MR) is 107 cm³/mol. The molecule has 1 aliphatic rings. The Morgan fingerprint density at radius 3 is 2.68 bits per heavy atom. The van der Waals surface area contributed by atoms with Gasteiger partial charge in [-0.15, -0.1) is 0 Å². The molecule has 5 nitrogen and oxygen atoms in total. The molecule has 0 bridgehead atoms. The molecule has 146 valence electrons. The molecule has 0 spiro atoms. The van der Waals surface area contributed by atoms with Gasteiger partial charge in [-0.3, -0.25) is 4.79 Å². The van der Waals surface area contributed by atoms with E-state index in [-0.39, 0.29) is 17.8 Å². The van der Waals surface area contributed by atoms with Gasteiger partial charge in [0.25, 0.3) is 11.1 Å². The quantitative estimate of drug-likeness (QED) is 0.632. The first-order valence-corrected chi connectivity index (χ1v) is 10.2. The molecule has 2 aromatic carbocycles. The lowest BCUT2D eigenvalue weighted by Gasteiger charge is -2.31. The second-order valence-electron chi connectivity index (χ2n) is 6.66. The van der Waals surface area contributed by atoms with Crippen molar-refractivity contribution in [1.82, 2.24) is 9.88 Å².